The summed E-state index contributed by atoms with van der Waals surface area (Å²) in [5.74, 6) is 0.855. The Kier molecular flexibility index (Phi) is 3.60. The third-order valence-electron chi connectivity index (χ3n) is 3.52. The lowest BCUT2D eigenvalue weighted by Crippen LogP contribution is -2.37. The third-order valence-corrected chi connectivity index (χ3v) is 3.90. The number of carbonyl (C=O) groups is 1. The van der Waals surface area contributed by atoms with Gasteiger partial charge in [-0.15, -0.1) is 0 Å². The summed E-state index contributed by atoms with van der Waals surface area (Å²) in [5, 5.41) is 0. The van der Waals surface area contributed by atoms with Crippen molar-refractivity contribution in [3.8, 4) is 0 Å². The molecule has 1 saturated heterocycles. The average Bonchev–Trinajstić information content (AvgIpc) is 3.08. The van der Waals surface area contributed by atoms with Gasteiger partial charge in [-0.1, -0.05) is 0 Å². The average molecular weight is 338 g/mol. The number of halogens is 1. The Morgan fingerprint density at radius 2 is 2.20 bits per heavy atom. The second kappa shape index (κ2) is 5.40. The third kappa shape index (κ3) is 2.49. The van der Waals surface area contributed by atoms with Crippen LogP contribution < -0.4 is 4.90 Å². The fraction of sp³-hybridized carbons (Fsp3) is 0.462. The van der Waals surface area contributed by atoms with Gasteiger partial charge in [-0.2, -0.15) is 0 Å². The molecule has 0 atom stereocenters. The second-order valence-electron chi connectivity index (χ2n) is 4.99. The summed E-state index contributed by atoms with van der Waals surface area (Å²) in [4.78, 5) is 24.7. The van der Waals surface area contributed by atoms with Gasteiger partial charge in [-0.25, -0.2) is 9.97 Å². The van der Waals surface area contributed by atoms with Crippen LogP contribution in [0.5, 0.6) is 0 Å². The Hall–Kier alpha value is -1.63. The number of hydrogen-bond donors (Lipinski definition) is 0. The van der Waals surface area contributed by atoms with Crippen molar-refractivity contribution in [3.63, 3.8) is 0 Å². The molecule has 2 aromatic rings. The molecule has 0 spiro atoms. The SMILES string of the molecule is CN(CC(=O)N1CCCC1)c1nc(Br)cn2ccnc12. The van der Waals surface area contributed by atoms with Gasteiger partial charge in [0.1, 0.15) is 4.60 Å². The van der Waals surface area contributed by atoms with Gasteiger partial charge in [0.2, 0.25) is 5.91 Å². The van der Waals surface area contributed by atoms with Crippen LogP contribution in [0.2, 0.25) is 0 Å². The standard InChI is InChI=1S/C13H16BrN5O/c1-17(9-11(20)18-5-2-3-6-18)13-12-15-4-7-19(12)8-10(14)16-13/h4,7-8H,2-3,5-6,9H2,1H3. The number of anilines is 1. The molecule has 0 unspecified atom stereocenters. The summed E-state index contributed by atoms with van der Waals surface area (Å²) in [5.41, 5.74) is 0.755. The van der Waals surface area contributed by atoms with E-state index < -0.39 is 0 Å². The predicted molar refractivity (Wildman–Crippen MR) is 79.8 cm³/mol. The Bertz CT molecular complexity index is 635. The summed E-state index contributed by atoms with van der Waals surface area (Å²) in [6.45, 7) is 2.07. The van der Waals surface area contributed by atoms with Gasteiger partial charge in [-0.3, -0.25) is 4.79 Å². The van der Waals surface area contributed by atoms with Gasteiger partial charge in [0.15, 0.2) is 11.5 Å². The molecular formula is C13H16BrN5O. The van der Waals surface area contributed by atoms with E-state index in [4.69, 9.17) is 0 Å². The number of hydrogen-bond acceptors (Lipinski definition) is 4. The first-order valence-corrected chi connectivity index (χ1v) is 7.42. The van der Waals surface area contributed by atoms with Gasteiger partial charge < -0.3 is 14.2 Å². The smallest absolute Gasteiger partial charge is 0.242 e. The lowest BCUT2D eigenvalue weighted by molar-refractivity contribution is -0.128. The molecule has 7 heteroatoms. The summed E-state index contributed by atoms with van der Waals surface area (Å²) >= 11 is 3.39. The number of imidazole rings is 1. The number of fused-ring (bicyclic) bond motifs is 1. The molecule has 3 heterocycles. The Morgan fingerprint density at radius 3 is 2.95 bits per heavy atom. The van der Waals surface area contributed by atoms with E-state index in [0.717, 1.165) is 36.2 Å². The van der Waals surface area contributed by atoms with E-state index >= 15 is 0 Å². The monoisotopic (exact) mass is 337 g/mol. The molecule has 0 radical (unpaired) electrons. The molecular weight excluding hydrogens is 322 g/mol. The van der Waals surface area contributed by atoms with E-state index in [1.54, 1.807) is 6.20 Å². The van der Waals surface area contributed by atoms with E-state index in [-0.39, 0.29) is 5.91 Å². The highest BCUT2D eigenvalue weighted by Crippen LogP contribution is 2.20. The summed E-state index contributed by atoms with van der Waals surface area (Å²) in [6.07, 6.45) is 7.65. The molecule has 6 nitrogen and oxygen atoms in total. The maximum atomic E-state index is 12.2. The van der Waals surface area contributed by atoms with Crippen LogP contribution in [0.25, 0.3) is 5.65 Å². The minimum absolute atomic E-state index is 0.150. The molecule has 20 heavy (non-hydrogen) atoms. The number of nitrogens with zero attached hydrogens (tertiary/aromatic N) is 5. The highest BCUT2D eigenvalue weighted by atomic mass is 79.9. The molecule has 3 rings (SSSR count). The first-order valence-electron chi connectivity index (χ1n) is 6.63. The molecule has 1 aliphatic rings. The van der Waals surface area contributed by atoms with Crippen LogP contribution in [-0.4, -0.2) is 51.9 Å². The molecule has 0 bridgehead atoms. The number of rotatable bonds is 3. The lowest BCUT2D eigenvalue weighted by atomic mass is 10.4. The second-order valence-corrected chi connectivity index (χ2v) is 5.80. The topological polar surface area (TPSA) is 53.7 Å². The molecule has 1 amide bonds. The van der Waals surface area contributed by atoms with Crippen molar-refractivity contribution in [2.45, 2.75) is 12.8 Å². The summed E-state index contributed by atoms with van der Waals surface area (Å²) in [7, 11) is 1.87. The predicted octanol–water partition coefficient (Wildman–Crippen LogP) is 1.55. The van der Waals surface area contributed by atoms with E-state index in [0.29, 0.717) is 12.4 Å². The minimum atomic E-state index is 0.150. The normalized spacial score (nSPS) is 15.0. The van der Waals surface area contributed by atoms with Gasteiger partial charge in [0, 0.05) is 38.7 Å². The van der Waals surface area contributed by atoms with E-state index in [2.05, 4.69) is 25.9 Å². The van der Waals surface area contributed by atoms with Gasteiger partial charge in [-0.05, 0) is 28.8 Å². The molecule has 0 saturated carbocycles. The van der Waals surface area contributed by atoms with Crippen LogP contribution in [0.15, 0.2) is 23.2 Å². The quantitative estimate of drug-likeness (QED) is 0.852. The van der Waals surface area contributed by atoms with E-state index in [1.807, 2.05) is 33.6 Å². The highest BCUT2D eigenvalue weighted by molar-refractivity contribution is 9.10. The number of aromatic nitrogens is 3. The number of likely N-dealkylation sites (N-methyl/N-ethyl adjacent to an activating group) is 1. The van der Waals surface area contributed by atoms with Crippen molar-refractivity contribution in [3.05, 3.63) is 23.2 Å². The van der Waals surface area contributed by atoms with Gasteiger partial charge >= 0.3 is 0 Å². The van der Waals surface area contributed by atoms with Crippen molar-refractivity contribution in [2.75, 3.05) is 31.6 Å². The van der Waals surface area contributed by atoms with Crippen LogP contribution in [0, 0.1) is 0 Å². The first kappa shape index (κ1) is 13.4. The molecule has 106 valence electrons. The fourth-order valence-corrected chi connectivity index (χ4v) is 2.87. The van der Waals surface area contributed by atoms with Crippen LogP contribution >= 0.6 is 15.9 Å². The first-order chi connectivity index (χ1) is 9.65. The molecule has 0 N–H and O–H groups in total. The fourth-order valence-electron chi connectivity index (χ4n) is 2.49. The molecule has 1 aliphatic heterocycles. The van der Waals surface area contributed by atoms with Crippen LogP contribution in [-0.2, 0) is 4.79 Å². The molecule has 2 aromatic heterocycles. The molecule has 1 fully saturated rings. The van der Waals surface area contributed by atoms with Crippen LogP contribution in [0.4, 0.5) is 5.82 Å². The number of amides is 1. The summed E-state index contributed by atoms with van der Waals surface area (Å²) in [6, 6.07) is 0. The minimum Gasteiger partial charge on any atom is -0.347 e. The van der Waals surface area contributed by atoms with Crippen molar-refractivity contribution < 1.29 is 4.79 Å². The highest BCUT2D eigenvalue weighted by Gasteiger charge is 2.21. The molecule has 0 aromatic carbocycles. The lowest BCUT2D eigenvalue weighted by Gasteiger charge is -2.22. The van der Waals surface area contributed by atoms with Crippen molar-refractivity contribution in [1.29, 1.82) is 0 Å². The van der Waals surface area contributed by atoms with Crippen molar-refractivity contribution in [2.24, 2.45) is 0 Å². The Morgan fingerprint density at radius 1 is 1.45 bits per heavy atom. The Labute approximate surface area is 125 Å². The van der Waals surface area contributed by atoms with Crippen molar-refractivity contribution >= 4 is 33.3 Å². The zero-order valence-electron chi connectivity index (χ0n) is 11.3. The van der Waals surface area contributed by atoms with E-state index in [9.17, 15) is 4.79 Å². The summed E-state index contributed by atoms with van der Waals surface area (Å²) < 4.78 is 2.61. The van der Waals surface area contributed by atoms with Gasteiger partial charge in [0.05, 0.1) is 6.54 Å². The van der Waals surface area contributed by atoms with Crippen LogP contribution in [0.3, 0.4) is 0 Å². The van der Waals surface area contributed by atoms with Crippen molar-refractivity contribution in [1.82, 2.24) is 19.3 Å². The van der Waals surface area contributed by atoms with E-state index in [1.165, 1.54) is 0 Å². The largest absolute Gasteiger partial charge is 0.347 e. The number of carbonyl (C=O) groups excluding carboxylic acids is 1. The molecule has 0 aliphatic carbocycles. The maximum absolute atomic E-state index is 12.2. The van der Waals surface area contributed by atoms with Gasteiger partial charge in [0.25, 0.3) is 0 Å². The zero-order chi connectivity index (χ0) is 14.1. The Balaban J connectivity index is 1.82. The maximum Gasteiger partial charge on any atom is 0.242 e. The van der Waals surface area contributed by atoms with Crippen LogP contribution in [0.1, 0.15) is 12.8 Å². The zero-order valence-corrected chi connectivity index (χ0v) is 12.9. The number of likely N-dealkylation sites (tertiary alicyclic amines) is 1.